The molecule has 0 radical (unpaired) electrons. The highest BCUT2D eigenvalue weighted by Gasteiger charge is 2.26. The number of nitrogens with zero attached hydrogens (tertiary/aromatic N) is 1. The molecule has 18 heavy (non-hydrogen) atoms. The number of benzene rings is 1. The summed E-state index contributed by atoms with van der Waals surface area (Å²) < 4.78 is 0. The van der Waals surface area contributed by atoms with E-state index in [9.17, 15) is 9.90 Å². The Morgan fingerprint density at radius 3 is 2.78 bits per heavy atom. The van der Waals surface area contributed by atoms with Crippen LogP contribution in [0.5, 0.6) is 0 Å². The molecule has 1 fully saturated rings. The van der Waals surface area contributed by atoms with Crippen LogP contribution in [0.1, 0.15) is 24.5 Å². The molecule has 1 aromatic rings. The molecule has 0 saturated carbocycles. The third-order valence-electron chi connectivity index (χ3n) is 3.47. The van der Waals surface area contributed by atoms with Gasteiger partial charge in [-0.15, -0.1) is 0 Å². The second kappa shape index (κ2) is 5.98. The van der Waals surface area contributed by atoms with Gasteiger partial charge in [0.2, 0.25) is 0 Å². The molecular weight excluding hydrogens is 230 g/mol. The predicted molar refractivity (Wildman–Crippen MR) is 68.2 cm³/mol. The van der Waals surface area contributed by atoms with E-state index in [1.54, 1.807) is 0 Å². The fraction of sp³-hybridized carbons (Fsp3) is 0.500. The third-order valence-corrected chi connectivity index (χ3v) is 3.47. The van der Waals surface area contributed by atoms with Gasteiger partial charge in [0.05, 0.1) is 12.0 Å². The molecular formula is C14H19NO3. The molecule has 4 heteroatoms. The second-order valence-electron chi connectivity index (χ2n) is 4.86. The van der Waals surface area contributed by atoms with Crippen LogP contribution < -0.4 is 0 Å². The molecule has 1 aliphatic rings. The third kappa shape index (κ3) is 3.31. The quantitative estimate of drug-likeness (QED) is 0.849. The molecule has 0 amide bonds. The highest BCUT2D eigenvalue weighted by Crippen LogP contribution is 2.20. The largest absolute Gasteiger partial charge is 0.481 e. The number of rotatable bonds is 4. The van der Waals surface area contributed by atoms with Gasteiger partial charge in [-0.2, -0.15) is 0 Å². The predicted octanol–water partition coefficient (Wildman–Crippen LogP) is 1.52. The SMILES string of the molecule is O=C(O)[C@@H]1CCCN(C[C@H](O)c2ccccc2)C1. The number of hydrogen-bond acceptors (Lipinski definition) is 3. The van der Waals surface area contributed by atoms with Crippen molar-refractivity contribution in [1.82, 2.24) is 4.90 Å². The molecule has 1 heterocycles. The lowest BCUT2D eigenvalue weighted by molar-refractivity contribution is -0.143. The molecule has 2 atom stereocenters. The van der Waals surface area contributed by atoms with E-state index in [1.807, 2.05) is 35.2 Å². The van der Waals surface area contributed by atoms with Crippen molar-refractivity contribution in [2.45, 2.75) is 18.9 Å². The Morgan fingerprint density at radius 1 is 1.39 bits per heavy atom. The number of carboxylic acids is 1. The average Bonchev–Trinajstić information content (AvgIpc) is 2.40. The molecule has 98 valence electrons. The van der Waals surface area contributed by atoms with Gasteiger partial charge in [0.1, 0.15) is 0 Å². The van der Waals surface area contributed by atoms with E-state index in [4.69, 9.17) is 5.11 Å². The Bertz CT molecular complexity index is 393. The number of aliphatic carboxylic acids is 1. The smallest absolute Gasteiger partial charge is 0.307 e. The Morgan fingerprint density at radius 2 is 2.11 bits per heavy atom. The van der Waals surface area contributed by atoms with E-state index in [0.29, 0.717) is 13.1 Å². The highest BCUT2D eigenvalue weighted by atomic mass is 16.4. The monoisotopic (exact) mass is 249 g/mol. The van der Waals surface area contributed by atoms with E-state index in [0.717, 1.165) is 24.9 Å². The van der Waals surface area contributed by atoms with Gasteiger partial charge in [-0.05, 0) is 24.9 Å². The zero-order valence-electron chi connectivity index (χ0n) is 10.3. The Balaban J connectivity index is 1.91. The summed E-state index contributed by atoms with van der Waals surface area (Å²) in [6.07, 6.45) is 1.09. The van der Waals surface area contributed by atoms with E-state index in [1.165, 1.54) is 0 Å². The van der Waals surface area contributed by atoms with E-state index in [-0.39, 0.29) is 5.92 Å². The van der Waals surface area contributed by atoms with E-state index < -0.39 is 12.1 Å². The lowest BCUT2D eigenvalue weighted by Crippen LogP contribution is -2.40. The summed E-state index contributed by atoms with van der Waals surface area (Å²) in [5, 5.41) is 19.1. The first-order chi connectivity index (χ1) is 8.66. The van der Waals surface area contributed by atoms with Crippen LogP contribution in [0.3, 0.4) is 0 Å². The number of hydrogen-bond donors (Lipinski definition) is 2. The van der Waals surface area contributed by atoms with Crippen molar-refractivity contribution in [3.63, 3.8) is 0 Å². The van der Waals surface area contributed by atoms with Crippen LogP contribution >= 0.6 is 0 Å². The molecule has 1 aliphatic heterocycles. The molecule has 2 N–H and O–H groups in total. The first-order valence-electron chi connectivity index (χ1n) is 6.35. The van der Waals surface area contributed by atoms with Crippen molar-refractivity contribution >= 4 is 5.97 Å². The summed E-state index contributed by atoms with van der Waals surface area (Å²) in [6, 6.07) is 9.49. The van der Waals surface area contributed by atoms with Crippen LogP contribution in [0.25, 0.3) is 0 Å². The van der Waals surface area contributed by atoms with Gasteiger partial charge in [0.25, 0.3) is 0 Å². The number of β-amino-alcohol motifs (C(OH)–C–C–N with tert-alkyl or cyclic N) is 1. The molecule has 2 rings (SSSR count). The van der Waals surface area contributed by atoms with Crippen LogP contribution in [0.15, 0.2) is 30.3 Å². The lowest BCUT2D eigenvalue weighted by Gasteiger charge is -2.32. The topological polar surface area (TPSA) is 60.8 Å². The van der Waals surface area contributed by atoms with Crippen molar-refractivity contribution in [2.75, 3.05) is 19.6 Å². The molecule has 1 saturated heterocycles. The van der Waals surface area contributed by atoms with Crippen molar-refractivity contribution in [3.05, 3.63) is 35.9 Å². The second-order valence-corrected chi connectivity index (χ2v) is 4.86. The average molecular weight is 249 g/mol. The first kappa shape index (κ1) is 13.1. The van der Waals surface area contributed by atoms with Crippen LogP contribution in [-0.2, 0) is 4.79 Å². The summed E-state index contributed by atoms with van der Waals surface area (Å²) >= 11 is 0. The maximum Gasteiger partial charge on any atom is 0.307 e. The van der Waals surface area contributed by atoms with Gasteiger partial charge in [-0.3, -0.25) is 9.69 Å². The Kier molecular flexibility index (Phi) is 4.33. The standard InChI is InChI=1S/C14H19NO3/c16-13(11-5-2-1-3-6-11)10-15-8-4-7-12(9-15)14(17)18/h1-3,5-6,12-13,16H,4,7-10H2,(H,17,18)/t12-,13+/m1/s1. The summed E-state index contributed by atoms with van der Waals surface area (Å²) in [4.78, 5) is 13.0. The van der Waals surface area contributed by atoms with Crippen molar-refractivity contribution in [1.29, 1.82) is 0 Å². The molecule has 0 unspecified atom stereocenters. The summed E-state index contributed by atoms with van der Waals surface area (Å²) in [5.74, 6) is -1.02. The molecule has 0 aliphatic carbocycles. The zero-order chi connectivity index (χ0) is 13.0. The number of carbonyl (C=O) groups is 1. The van der Waals surface area contributed by atoms with E-state index in [2.05, 4.69) is 0 Å². The molecule has 0 spiro atoms. The summed E-state index contributed by atoms with van der Waals surface area (Å²) in [7, 11) is 0. The number of carboxylic acid groups (broad SMARTS) is 1. The molecule has 0 bridgehead atoms. The number of aliphatic hydroxyl groups is 1. The number of likely N-dealkylation sites (tertiary alicyclic amines) is 1. The van der Waals surface area contributed by atoms with Crippen LogP contribution in [0, 0.1) is 5.92 Å². The minimum atomic E-state index is -0.728. The fourth-order valence-electron chi connectivity index (χ4n) is 2.45. The van der Waals surface area contributed by atoms with Gasteiger partial charge >= 0.3 is 5.97 Å². The van der Waals surface area contributed by atoms with Gasteiger partial charge in [0.15, 0.2) is 0 Å². The number of aliphatic hydroxyl groups excluding tert-OH is 1. The Hall–Kier alpha value is -1.39. The minimum absolute atomic E-state index is 0.290. The maximum atomic E-state index is 11.0. The van der Waals surface area contributed by atoms with Crippen LogP contribution in [-0.4, -0.2) is 40.7 Å². The van der Waals surface area contributed by atoms with Crippen molar-refractivity contribution in [3.8, 4) is 0 Å². The first-order valence-corrected chi connectivity index (χ1v) is 6.35. The van der Waals surface area contributed by atoms with Gasteiger partial charge in [-0.1, -0.05) is 30.3 Å². The number of piperidine rings is 1. The molecule has 1 aromatic carbocycles. The van der Waals surface area contributed by atoms with E-state index >= 15 is 0 Å². The highest BCUT2D eigenvalue weighted by molar-refractivity contribution is 5.70. The minimum Gasteiger partial charge on any atom is -0.481 e. The lowest BCUT2D eigenvalue weighted by atomic mass is 9.97. The van der Waals surface area contributed by atoms with Gasteiger partial charge in [-0.25, -0.2) is 0 Å². The normalized spacial score (nSPS) is 22.6. The van der Waals surface area contributed by atoms with Crippen molar-refractivity contribution < 1.29 is 15.0 Å². The van der Waals surface area contributed by atoms with Gasteiger partial charge in [0, 0.05) is 13.1 Å². The fourth-order valence-corrected chi connectivity index (χ4v) is 2.45. The molecule has 4 nitrogen and oxygen atoms in total. The zero-order valence-corrected chi connectivity index (χ0v) is 10.3. The van der Waals surface area contributed by atoms with Crippen LogP contribution in [0.4, 0.5) is 0 Å². The summed E-state index contributed by atoms with van der Waals surface area (Å²) in [6.45, 7) is 1.92. The van der Waals surface area contributed by atoms with Crippen LogP contribution in [0.2, 0.25) is 0 Å². The molecule has 0 aromatic heterocycles. The Labute approximate surface area is 107 Å². The van der Waals surface area contributed by atoms with Gasteiger partial charge < -0.3 is 10.2 Å². The van der Waals surface area contributed by atoms with Crippen molar-refractivity contribution in [2.24, 2.45) is 5.92 Å². The summed E-state index contributed by atoms with van der Waals surface area (Å²) in [5.41, 5.74) is 0.884. The maximum absolute atomic E-state index is 11.0.